The molecule has 0 aromatic rings. The fourth-order valence-corrected chi connectivity index (χ4v) is 2.09. The highest BCUT2D eigenvalue weighted by molar-refractivity contribution is 14.1. The van der Waals surface area contributed by atoms with Crippen LogP contribution in [0.5, 0.6) is 0 Å². The first-order valence-corrected chi connectivity index (χ1v) is 4.76. The van der Waals surface area contributed by atoms with Crippen LogP contribution in [0.2, 0.25) is 0 Å². The molecule has 0 radical (unpaired) electrons. The second-order valence-electron chi connectivity index (χ2n) is 2.43. The summed E-state index contributed by atoms with van der Waals surface area (Å²) in [6.07, 6.45) is 0. The molecule has 1 fully saturated rings. The molecular formula is C6H10ClIO. The van der Waals surface area contributed by atoms with Crippen molar-refractivity contribution >= 4 is 34.2 Å². The van der Waals surface area contributed by atoms with Crippen molar-refractivity contribution in [2.24, 2.45) is 5.92 Å². The van der Waals surface area contributed by atoms with Crippen molar-refractivity contribution in [3.05, 3.63) is 0 Å². The maximum absolute atomic E-state index is 5.93. The molecule has 1 rings (SSSR count). The monoisotopic (exact) mass is 260 g/mol. The molecule has 0 saturated carbocycles. The molecule has 0 N–H and O–H groups in total. The van der Waals surface area contributed by atoms with Gasteiger partial charge in [0.15, 0.2) is 0 Å². The van der Waals surface area contributed by atoms with Crippen molar-refractivity contribution < 1.29 is 4.74 Å². The summed E-state index contributed by atoms with van der Waals surface area (Å²) < 4.78 is 5.82. The summed E-state index contributed by atoms with van der Waals surface area (Å²) in [5, 5.41) is 0.223. The molecule has 1 aliphatic rings. The highest BCUT2D eigenvalue weighted by atomic mass is 127. The number of halogens is 2. The van der Waals surface area contributed by atoms with E-state index in [2.05, 4.69) is 29.5 Å². The van der Waals surface area contributed by atoms with Gasteiger partial charge in [0.05, 0.1) is 18.6 Å². The zero-order valence-electron chi connectivity index (χ0n) is 5.31. The average molecular weight is 261 g/mol. The van der Waals surface area contributed by atoms with E-state index >= 15 is 0 Å². The molecule has 3 heteroatoms. The molecule has 0 bridgehead atoms. The van der Waals surface area contributed by atoms with E-state index in [1.165, 1.54) is 0 Å². The van der Waals surface area contributed by atoms with Gasteiger partial charge in [-0.1, -0.05) is 29.5 Å². The standard InChI is InChI=1S/C6H10ClIO/c1-4-5(7)2-9-3-6(4)8/h4-6H,2-3H2,1H3. The quantitative estimate of drug-likeness (QED) is 0.478. The van der Waals surface area contributed by atoms with Crippen molar-refractivity contribution in [3.63, 3.8) is 0 Å². The van der Waals surface area contributed by atoms with Crippen LogP contribution in [0.3, 0.4) is 0 Å². The summed E-state index contributed by atoms with van der Waals surface area (Å²) >= 11 is 8.32. The van der Waals surface area contributed by atoms with Crippen LogP contribution in [-0.2, 0) is 4.74 Å². The van der Waals surface area contributed by atoms with Crippen LogP contribution in [0.15, 0.2) is 0 Å². The molecule has 9 heavy (non-hydrogen) atoms. The zero-order chi connectivity index (χ0) is 6.85. The van der Waals surface area contributed by atoms with Crippen LogP contribution in [0, 0.1) is 5.92 Å². The average Bonchev–Trinajstić information content (AvgIpc) is 1.83. The summed E-state index contributed by atoms with van der Waals surface area (Å²) in [6.45, 7) is 3.77. The van der Waals surface area contributed by atoms with Crippen LogP contribution >= 0.6 is 34.2 Å². The summed E-state index contributed by atoms with van der Waals surface area (Å²) in [5.74, 6) is 0.598. The van der Waals surface area contributed by atoms with Gasteiger partial charge in [0.25, 0.3) is 0 Å². The molecule has 3 atom stereocenters. The largest absolute Gasteiger partial charge is 0.379 e. The minimum Gasteiger partial charge on any atom is -0.379 e. The summed E-state index contributed by atoms with van der Waals surface area (Å²) in [7, 11) is 0. The van der Waals surface area contributed by atoms with Gasteiger partial charge in [-0.2, -0.15) is 0 Å². The van der Waals surface area contributed by atoms with Crippen molar-refractivity contribution in [3.8, 4) is 0 Å². The lowest BCUT2D eigenvalue weighted by atomic mass is 10.0. The van der Waals surface area contributed by atoms with E-state index in [9.17, 15) is 0 Å². The maximum Gasteiger partial charge on any atom is 0.0633 e. The van der Waals surface area contributed by atoms with E-state index in [1.807, 2.05) is 0 Å². The van der Waals surface area contributed by atoms with E-state index in [0.29, 0.717) is 9.84 Å². The molecule has 54 valence electrons. The van der Waals surface area contributed by atoms with Crippen LogP contribution in [0.4, 0.5) is 0 Å². The number of ether oxygens (including phenoxy) is 1. The van der Waals surface area contributed by atoms with Gasteiger partial charge < -0.3 is 4.74 Å². The Morgan fingerprint density at radius 2 is 2.22 bits per heavy atom. The highest BCUT2D eigenvalue weighted by Crippen LogP contribution is 2.25. The Morgan fingerprint density at radius 1 is 1.56 bits per heavy atom. The van der Waals surface area contributed by atoms with Gasteiger partial charge in [-0.15, -0.1) is 11.6 Å². The Morgan fingerprint density at radius 3 is 2.67 bits per heavy atom. The topological polar surface area (TPSA) is 9.23 Å². The van der Waals surface area contributed by atoms with Crippen molar-refractivity contribution in [2.45, 2.75) is 16.2 Å². The van der Waals surface area contributed by atoms with E-state index in [0.717, 1.165) is 13.2 Å². The normalized spacial score (nSPS) is 45.0. The van der Waals surface area contributed by atoms with Gasteiger partial charge in [0, 0.05) is 3.92 Å². The molecule has 0 amide bonds. The van der Waals surface area contributed by atoms with Crippen molar-refractivity contribution in [2.75, 3.05) is 13.2 Å². The van der Waals surface area contributed by atoms with Gasteiger partial charge in [0.1, 0.15) is 0 Å². The van der Waals surface area contributed by atoms with Crippen LogP contribution < -0.4 is 0 Å². The fraction of sp³-hybridized carbons (Fsp3) is 1.00. The predicted molar refractivity (Wildman–Crippen MR) is 47.4 cm³/mol. The lowest BCUT2D eigenvalue weighted by molar-refractivity contribution is 0.0848. The first-order chi connectivity index (χ1) is 4.22. The van der Waals surface area contributed by atoms with Crippen molar-refractivity contribution in [1.29, 1.82) is 0 Å². The van der Waals surface area contributed by atoms with Gasteiger partial charge in [-0.05, 0) is 5.92 Å². The Balaban J connectivity index is 2.41. The van der Waals surface area contributed by atoms with Crippen molar-refractivity contribution in [1.82, 2.24) is 0 Å². The van der Waals surface area contributed by atoms with Crippen LogP contribution in [-0.4, -0.2) is 22.5 Å². The molecule has 1 aliphatic heterocycles. The molecule has 1 nitrogen and oxygen atoms in total. The summed E-state index contributed by atoms with van der Waals surface area (Å²) in [4.78, 5) is 0. The SMILES string of the molecule is CC1C(Cl)COCC1I. The summed E-state index contributed by atoms with van der Waals surface area (Å²) in [5.41, 5.74) is 0. The minimum atomic E-state index is 0.223. The van der Waals surface area contributed by atoms with Crippen LogP contribution in [0.25, 0.3) is 0 Å². The molecule has 0 aromatic carbocycles. The third-order valence-electron chi connectivity index (χ3n) is 1.70. The molecule has 1 heterocycles. The Labute approximate surface area is 74.2 Å². The van der Waals surface area contributed by atoms with E-state index in [1.54, 1.807) is 0 Å². The molecular weight excluding hydrogens is 250 g/mol. The van der Waals surface area contributed by atoms with Crippen LogP contribution in [0.1, 0.15) is 6.92 Å². The third kappa shape index (κ3) is 1.95. The number of hydrogen-bond acceptors (Lipinski definition) is 1. The smallest absolute Gasteiger partial charge is 0.0633 e. The number of hydrogen-bond donors (Lipinski definition) is 0. The Hall–Kier alpha value is 0.980. The van der Waals surface area contributed by atoms with Gasteiger partial charge in [-0.3, -0.25) is 0 Å². The molecule has 0 aliphatic carbocycles. The van der Waals surface area contributed by atoms with Gasteiger partial charge in [0.2, 0.25) is 0 Å². The molecule has 0 spiro atoms. The highest BCUT2D eigenvalue weighted by Gasteiger charge is 2.26. The maximum atomic E-state index is 5.93. The van der Waals surface area contributed by atoms with E-state index in [4.69, 9.17) is 16.3 Å². The Kier molecular flexibility index (Phi) is 3.05. The molecule has 1 saturated heterocycles. The molecule has 3 unspecified atom stereocenters. The second-order valence-corrected chi connectivity index (χ2v) is 4.59. The number of rotatable bonds is 0. The van der Waals surface area contributed by atoms with E-state index in [-0.39, 0.29) is 5.38 Å². The summed E-state index contributed by atoms with van der Waals surface area (Å²) in [6, 6.07) is 0. The fourth-order valence-electron chi connectivity index (χ4n) is 0.823. The van der Waals surface area contributed by atoms with E-state index < -0.39 is 0 Å². The first kappa shape index (κ1) is 8.08. The third-order valence-corrected chi connectivity index (χ3v) is 3.71. The minimum absolute atomic E-state index is 0.223. The Bertz CT molecular complexity index is 89.1. The lowest BCUT2D eigenvalue weighted by Gasteiger charge is -2.28. The first-order valence-electron chi connectivity index (χ1n) is 3.07. The van der Waals surface area contributed by atoms with Gasteiger partial charge >= 0.3 is 0 Å². The number of alkyl halides is 2. The predicted octanol–water partition coefficient (Wildman–Crippen LogP) is 2.06. The second kappa shape index (κ2) is 3.39. The van der Waals surface area contributed by atoms with Gasteiger partial charge in [-0.25, -0.2) is 0 Å². The molecule has 0 aromatic heterocycles. The zero-order valence-corrected chi connectivity index (χ0v) is 8.22. The lowest BCUT2D eigenvalue weighted by Crippen LogP contribution is -2.34.